The molecule has 0 nitrogen and oxygen atoms in total. The third kappa shape index (κ3) is 4.56. The van der Waals surface area contributed by atoms with Crippen molar-refractivity contribution < 1.29 is 0 Å². The molecule has 0 amide bonds. The molecule has 0 aliphatic heterocycles. The van der Waals surface area contributed by atoms with Gasteiger partial charge in [-0.15, -0.1) is 0 Å². The van der Waals surface area contributed by atoms with Gasteiger partial charge in [-0.25, -0.2) is 0 Å². The van der Waals surface area contributed by atoms with Crippen molar-refractivity contribution in [2.24, 2.45) is 0 Å². The Kier molecular flexibility index (Phi) is 7.02. The molecule has 0 heterocycles. The maximum absolute atomic E-state index is 2.79. The molecule has 0 unspecified atom stereocenters. The topological polar surface area (TPSA) is 0 Å². The summed E-state index contributed by atoms with van der Waals surface area (Å²) >= 11 is 2.79. The highest BCUT2D eigenvalue weighted by Crippen LogP contribution is 2.63. The van der Waals surface area contributed by atoms with Gasteiger partial charge in [-0.1, -0.05) is 109 Å². The van der Waals surface area contributed by atoms with Crippen molar-refractivity contribution in [2.75, 3.05) is 0 Å². The molecule has 33 heavy (non-hydrogen) atoms. The van der Waals surface area contributed by atoms with Gasteiger partial charge < -0.3 is 0 Å². The molecular formula is C30H24IP2+. The molecule has 5 aromatic rings. The lowest BCUT2D eigenvalue weighted by Crippen LogP contribution is -2.37. The monoisotopic (exact) mass is 573 g/mol. The van der Waals surface area contributed by atoms with E-state index < -0.39 is 12.8 Å². The molecule has 0 aliphatic carbocycles. The van der Waals surface area contributed by atoms with Gasteiger partial charge in [0.2, 0.25) is 0 Å². The second-order valence-electron chi connectivity index (χ2n) is 7.76. The van der Waals surface area contributed by atoms with Crippen LogP contribution in [0.1, 0.15) is 0 Å². The molecule has 0 N–H and O–H groups in total. The zero-order chi connectivity index (χ0) is 22.5. The van der Waals surface area contributed by atoms with Crippen LogP contribution in [-0.4, -0.2) is 0 Å². The largest absolute Gasteiger partial charge is 0.173 e. The number of hydrogen-bond donors (Lipinski definition) is 0. The highest BCUT2D eigenvalue weighted by atomic mass is 127. The fourth-order valence-electron chi connectivity index (χ4n) is 4.19. The number of benzene rings is 5. The first-order valence-corrected chi connectivity index (χ1v) is 16.9. The van der Waals surface area contributed by atoms with Gasteiger partial charge in [-0.05, 0) is 54.9 Å². The van der Waals surface area contributed by atoms with Crippen molar-refractivity contribution in [1.82, 2.24) is 0 Å². The standard InChI is InChI=1S/C30H24IP2/c31-33(27-19-9-3-10-20-27,28-21-11-4-12-22-28)30-24-14-13-23-29(30)32(25-15-5-1-6-16-25)26-17-7-2-8-18-26/h1-24H/q+1. The van der Waals surface area contributed by atoms with Crippen LogP contribution in [0.25, 0.3) is 0 Å². The van der Waals surface area contributed by atoms with E-state index in [1.807, 2.05) is 0 Å². The van der Waals surface area contributed by atoms with Crippen LogP contribution in [-0.2, 0) is 0 Å². The number of halogens is 1. The van der Waals surface area contributed by atoms with Gasteiger partial charge >= 0.3 is 0 Å². The summed E-state index contributed by atoms with van der Waals surface area (Å²) in [7, 11) is -0.689. The third-order valence-electron chi connectivity index (χ3n) is 5.71. The summed E-state index contributed by atoms with van der Waals surface area (Å²) in [5.41, 5.74) is 0. The number of hydrogen-bond acceptors (Lipinski definition) is 0. The van der Waals surface area contributed by atoms with Crippen molar-refractivity contribution in [2.45, 2.75) is 0 Å². The van der Waals surface area contributed by atoms with E-state index in [2.05, 4.69) is 168 Å². The third-order valence-corrected chi connectivity index (χ3v) is 16.4. The zero-order valence-corrected chi connectivity index (χ0v) is 22.1. The van der Waals surface area contributed by atoms with E-state index in [4.69, 9.17) is 0 Å². The molecule has 5 rings (SSSR count). The Balaban J connectivity index is 1.80. The second kappa shape index (κ2) is 10.3. The molecule has 160 valence electrons. The van der Waals surface area contributed by atoms with Crippen LogP contribution < -0.4 is 31.8 Å². The highest BCUT2D eigenvalue weighted by Gasteiger charge is 2.46. The van der Waals surface area contributed by atoms with Crippen LogP contribution >= 0.6 is 34.9 Å². The minimum absolute atomic E-state index is 0.689. The Labute approximate surface area is 211 Å². The molecule has 5 aromatic carbocycles. The Hall–Kier alpha value is -2.31. The summed E-state index contributed by atoms with van der Waals surface area (Å²) in [4.78, 5) is -1.87. The van der Waals surface area contributed by atoms with E-state index in [1.54, 1.807) is 0 Å². The summed E-state index contributed by atoms with van der Waals surface area (Å²) in [6.07, 6.45) is 0. The molecule has 0 bridgehead atoms. The molecule has 0 radical (unpaired) electrons. The molecular weight excluding hydrogens is 549 g/mol. The van der Waals surface area contributed by atoms with E-state index in [-0.39, 0.29) is 0 Å². The van der Waals surface area contributed by atoms with E-state index in [0.717, 1.165) is 0 Å². The molecule has 0 saturated carbocycles. The normalized spacial score (nSPS) is 11.5. The van der Waals surface area contributed by atoms with Gasteiger partial charge in [0.15, 0.2) is 26.9 Å². The Morgan fingerprint density at radius 2 is 0.788 bits per heavy atom. The first kappa shape index (κ1) is 22.5. The second-order valence-corrected chi connectivity index (χ2v) is 17.0. The Morgan fingerprint density at radius 1 is 0.424 bits per heavy atom. The van der Waals surface area contributed by atoms with Crippen LogP contribution in [0.3, 0.4) is 0 Å². The molecule has 0 spiro atoms. The van der Waals surface area contributed by atoms with Gasteiger partial charge in [0, 0.05) is 5.30 Å². The average Bonchev–Trinajstić information content (AvgIpc) is 2.91. The summed E-state index contributed by atoms with van der Waals surface area (Å²) in [5.74, 6) is 0. The minimum atomic E-state index is -1.87. The van der Waals surface area contributed by atoms with Crippen molar-refractivity contribution >= 4 is 66.7 Å². The maximum Gasteiger partial charge on any atom is 0.173 e. The predicted molar refractivity (Wildman–Crippen MR) is 158 cm³/mol. The first-order chi connectivity index (χ1) is 16.3. The van der Waals surface area contributed by atoms with Crippen LogP contribution in [0.15, 0.2) is 146 Å². The fourth-order valence-corrected chi connectivity index (χ4v) is 13.7. The predicted octanol–water partition coefficient (Wildman–Crippen LogP) is 6.09. The van der Waals surface area contributed by atoms with Gasteiger partial charge in [-0.2, -0.15) is 0 Å². The van der Waals surface area contributed by atoms with Crippen LogP contribution in [0.2, 0.25) is 0 Å². The molecule has 0 aliphatic rings. The van der Waals surface area contributed by atoms with E-state index >= 15 is 0 Å². The van der Waals surface area contributed by atoms with E-state index in [1.165, 1.54) is 31.8 Å². The fraction of sp³-hybridized carbons (Fsp3) is 0. The Morgan fingerprint density at radius 3 is 1.24 bits per heavy atom. The van der Waals surface area contributed by atoms with Crippen LogP contribution in [0.4, 0.5) is 0 Å². The van der Waals surface area contributed by atoms with Crippen LogP contribution in [0, 0.1) is 0 Å². The van der Waals surface area contributed by atoms with Gasteiger partial charge in [0.1, 0.15) is 15.9 Å². The zero-order valence-electron chi connectivity index (χ0n) is 18.1. The van der Waals surface area contributed by atoms with Gasteiger partial charge in [0.05, 0.1) is 0 Å². The number of rotatable bonds is 6. The molecule has 0 saturated heterocycles. The Bertz CT molecular complexity index is 1230. The summed E-state index contributed by atoms with van der Waals surface area (Å²) in [6, 6.07) is 53.3. The highest BCUT2D eigenvalue weighted by molar-refractivity contribution is 14.2. The maximum atomic E-state index is 2.79. The van der Waals surface area contributed by atoms with Crippen molar-refractivity contribution in [1.29, 1.82) is 0 Å². The first-order valence-electron chi connectivity index (χ1n) is 11.0. The lowest BCUT2D eigenvalue weighted by Gasteiger charge is -2.27. The lowest BCUT2D eigenvalue weighted by molar-refractivity contribution is 1.74. The van der Waals surface area contributed by atoms with Crippen molar-refractivity contribution in [3.05, 3.63) is 146 Å². The van der Waals surface area contributed by atoms with Gasteiger partial charge in [0.25, 0.3) is 0 Å². The smallest absolute Gasteiger partial charge is 0.0622 e. The molecule has 0 fully saturated rings. The van der Waals surface area contributed by atoms with Gasteiger partial charge in [-0.3, -0.25) is 0 Å². The SMILES string of the molecule is I[P+](c1ccccc1)(c1ccccc1)c1ccccc1P(c1ccccc1)c1ccccc1. The van der Waals surface area contributed by atoms with Crippen molar-refractivity contribution in [3.63, 3.8) is 0 Å². The molecule has 0 atom stereocenters. The quantitative estimate of drug-likeness (QED) is 0.171. The summed E-state index contributed by atoms with van der Waals surface area (Å²) in [6.45, 7) is 0. The van der Waals surface area contributed by atoms with E-state index in [0.29, 0.717) is 0 Å². The molecule has 3 heteroatoms. The van der Waals surface area contributed by atoms with Crippen molar-refractivity contribution in [3.8, 4) is 0 Å². The van der Waals surface area contributed by atoms with E-state index in [9.17, 15) is 0 Å². The van der Waals surface area contributed by atoms with Crippen LogP contribution in [0.5, 0.6) is 0 Å². The summed E-state index contributed by atoms with van der Waals surface area (Å²) in [5, 5.41) is 8.48. The minimum Gasteiger partial charge on any atom is -0.0622 e. The average molecular weight is 573 g/mol. The summed E-state index contributed by atoms with van der Waals surface area (Å²) < 4.78 is 0. The molecule has 0 aromatic heterocycles. The lowest BCUT2D eigenvalue weighted by atomic mass is 10.3.